The number of nitro groups is 1. The van der Waals surface area contributed by atoms with E-state index in [0.29, 0.717) is 5.95 Å². The topological polar surface area (TPSA) is 125 Å². The number of anilines is 1. The van der Waals surface area contributed by atoms with E-state index in [0.717, 1.165) is 30.1 Å². The van der Waals surface area contributed by atoms with Gasteiger partial charge in [-0.25, -0.2) is 0 Å². The summed E-state index contributed by atoms with van der Waals surface area (Å²) in [7, 11) is 0. The van der Waals surface area contributed by atoms with Crippen LogP contribution in [0.15, 0.2) is 12.4 Å². The highest BCUT2D eigenvalue weighted by molar-refractivity contribution is 5.28. The van der Waals surface area contributed by atoms with Gasteiger partial charge in [0.15, 0.2) is 0 Å². The molecule has 0 aliphatic rings. The number of hydrogen-bond donors (Lipinski definition) is 1. The molecule has 2 rings (SSSR count). The quantitative estimate of drug-likeness (QED) is 0.605. The number of aromatic nitrogens is 6. The Labute approximate surface area is 127 Å². The van der Waals surface area contributed by atoms with E-state index in [9.17, 15) is 10.1 Å². The Morgan fingerprint density at radius 3 is 2.23 bits per heavy atom. The van der Waals surface area contributed by atoms with Crippen LogP contribution in [0.2, 0.25) is 0 Å². The van der Waals surface area contributed by atoms with Gasteiger partial charge in [0, 0.05) is 5.54 Å². The zero-order valence-electron chi connectivity index (χ0n) is 12.7. The number of nitrogens with zero attached hydrogens (tertiary/aromatic N) is 7. The van der Waals surface area contributed by atoms with Crippen LogP contribution in [0.4, 0.5) is 11.6 Å². The van der Waals surface area contributed by atoms with Crippen LogP contribution in [0.1, 0.15) is 40.0 Å². The molecule has 0 bridgehead atoms. The van der Waals surface area contributed by atoms with E-state index in [1.807, 2.05) is 0 Å². The molecule has 0 radical (unpaired) electrons. The van der Waals surface area contributed by atoms with Crippen molar-refractivity contribution in [2.45, 2.75) is 45.6 Å². The lowest BCUT2D eigenvalue weighted by atomic mass is 9.90. The molecule has 0 fully saturated rings. The first-order chi connectivity index (χ1) is 10.5. The zero-order chi connectivity index (χ0) is 16.2. The van der Waals surface area contributed by atoms with Crippen LogP contribution < -0.4 is 5.32 Å². The fraction of sp³-hybridized carbons (Fsp3) is 0.583. The summed E-state index contributed by atoms with van der Waals surface area (Å²) in [6, 6.07) is 0. The maximum absolute atomic E-state index is 10.6. The van der Waals surface area contributed by atoms with Gasteiger partial charge in [-0.1, -0.05) is 20.8 Å². The third-order valence-electron chi connectivity index (χ3n) is 3.86. The molecule has 0 saturated heterocycles. The Kier molecular flexibility index (Phi) is 4.59. The van der Waals surface area contributed by atoms with Gasteiger partial charge in [0.25, 0.3) is 11.9 Å². The van der Waals surface area contributed by atoms with E-state index < -0.39 is 4.92 Å². The van der Waals surface area contributed by atoms with Crippen LogP contribution in [0, 0.1) is 10.1 Å². The first-order valence-electron chi connectivity index (χ1n) is 7.08. The molecule has 0 aliphatic heterocycles. The first-order valence-corrected chi connectivity index (χ1v) is 7.08. The van der Waals surface area contributed by atoms with Gasteiger partial charge in [0.1, 0.15) is 12.4 Å². The Morgan fingerprint density at radius 1 is 1.18 bits per heavy atom. The second-order valence-corrected chi connectivity index (χ2v) is 4.89. The van der Waals surface area contributed by atoms with Crippen LogP contribution in [-0.2, 0) is 0 Å². The van der Waals surface area contributed by atoms with Crippen molar-refractivity contribution in [1.82, 2.24) is 30.2 Å². The minimum atomic E-state index is -0.543. The van der Waals surface area contributed by atoms with Crippen molar-refractivity contribution in [2.24, 2.45) is 0 Å². The molecule has 2 aromatic heterocycles. The molecule has 0 unspecified atom stereocenters. The van der Waals surface area contributed by atoms with Crippen molar-refractivity contribution in [3.63, 3.8) is 0 Å². The fourth-order valence-electron chi connectivity index (χ4n) is 2.14. The Bertz CT molecular complexity index is 627. The van der Waals surface area contributed by atoms with E-state index in [1.54, 1.807) is 0 Å². The molecule has 0 aromatic carbocycles. The van der Waals surface area contributed by atoms with Crippen molar-refractivity contribution in [2.75, 3.05) is 5.32 Å². The molecular formula is C12H18N8O2. The van der Waals surface area contributed by atoms with Crippen molar-refractivity contribution in [3.8, 4) is 5.95 Å². The van der Waals surface area contributed by atoms with Gasteiger partial charge in [-0.2, -0.15) is 9.78 Å². The number of rotatable bonds is 7. The monoisotopic (exact) mass is 306 g/mol. The summed E-state index contributed by atoms with van der Waals surface area (Å²) < 4.78 is 1.16. The molecule has 2 heterocycles. The van der Waals surface area contributed by atoms with Gasteiger partial charge in [0.2, 0.25) is 0 Å². The molecule has 0 spiro atoms. The molecule has 10 heteroatoms. The normalized spacial score (nSPS) is 11.4. The molecule has 10 nitrogen and oxygen atoms in total. The van der Waals surface area contributed by atoms with E-state index in [2.05, 4.69) is 51.6 Å². The van der Waals surface area contributed by atoms with Crippen LogP contribution in [0.5, 0.6) is 0 Å². The molecule has 0 aliphatic carbocycles. The minimum absolute atomic E-state index is 0.0775. The minimum Gasteiger partial charge on any atom is -0.346 e. The van der Waals surface area contributed by atoms with Gasteiger partial charge < -0.3 is 5.32 Å². The SMILES string of the molecule is CCC(CC)(CC)Nc1nnc(-n2cc([N+](=O)[O-])cn2)nn1. The molecule has 22 heavy (non-hydrogen) atoms. The van der Waals surface area contributed by atoms with Crippen LogP contribution in [-0.4, -0.2) is 40.6 Å². The maximum Gasteiger partial charge on any atom is 0.307 e. The molecule has 2 aromatic rings. The smallest absolute Gasteiger partial charge is 0.307 e. The van der Waals surface area contributed by atoms with Crippen molar-refractivity contribution in [3.05, 3.63) is 22.5 Å². The fourth-order valence-corrected chi connectivity index (χ4v) is 2.14. The maximum atomic E-state index is 10.6. The number of nitrogens with one attached hydrogen (secondary N) is 1. The molecule has 118 valence electrons. The second-order valence-electron chi connectivity index (χ2n) is 4.89. The third-order valence-corrected chi connectivity index (χ3v) is 3.86. The Balaban J connectivity index is 2.17. The molecular weight excluding hydrogens is 288 g/mol. The van der Waals surface area contributed by atoms with Gasteiger partial charge in [-0.3, -0.25) is 10.1 Å². The number of hydrogen-bond acceptors (Lipinski definition) is 8. The highest BCUT2D eigenvalue weighted by Crippen LogP contribution is 2.23. The van der Waals surface area contributed by atoms with Gasteiger partial charge in [-0.15, -0.1) is 20.4 Å². The summed E-state index contributed by atoms with van der Waals surface area (Å²) in [5, 5.41) is 33.4. The Hall–Kier alpha value is -2.65. The highest BCUT2D eigenvalue weighted by atomic mass is 16.6. The van der Waals surface area contributed by atoms with Gasteiger partial charge in [0.05, 0.1) is 4.92 Å². The predicted octanol–water partition coefficient (Wildman–Crippen LogP) is 1.74. The standard InChI is InChI=1S/C12H18N8O2/c1-4-12(5-2,6-3)14-10-15-17-11(18-16-10)19-8-9(7-13-19)20(21)22/h7-8H,4-6H2,1-3H3,(H,14,15,16). The predicted molar refractivity (Wildman–Crippen MR) is 78.6 cm³/mol. The summed E-state index contributed by atoms with van der Waals surface area (Å²) in [6.07, 6.45) is 5.11. The van der Waals surface area contributed by atoms with Gasteiger partial charge in [-0.05, 0) is 19.3 Å². The van der Waals surface area contributed by atoms with Crippen LogP contribution >= 0.6 is 0 Å². The summed E-state index contributed by atoms with van der Waals surface area (Å²) >= 11 is 0. The van der Waals surface area contributed by atoms with E-state index >= 15 is 0 Å². The molecule has 0 saturated carbocycles. The van der Waals surface area contributed by atoms with Gasteiger partial charge >= 0.3 is 5.69 Å². The van der Waals surface area contributed by atoms with E-state index in [4.69, 9.17) is 0 Å². The lowest BCUT2D eigenvalue weighted by Crippen LogP contribution is -2.37. The summed E-state index contributed by atoms with van der Waals surface area (Å²) in [5.74, 6) is 0.407. The Morgan fingerprint density at radius 2 is 1.77 bits per heavy atom. The summed E-state index contributed by atoms with van der Waals surface area (Å²) in [6.45, 7) is 6.29. The molecule has 0 atom stereocenters. The second kappa shape index (κ2) is 6.41. The summed E-state index contributed by atoms with van der Waals surface area (Å²) in [5.41, 5.74) is -0.234. The lowest BCUT2D eigenvalue weighted by Gasteiger charge is -2.31. The van der Waals surface area contributed by atoms with Crippen molar-refractivity contribution >= 4 is 11.6 Å². The third kappa shape index (κ3) is 3.15. The lowest BCUT2D eigenvalue weighted by molar-refractivity contribution is -0.384. The summed E-state index contributed by atoms with van der Waals surface area (Å²) in [4.78, 5) is 10.1. The van der Waals surface area contributed by atoms with E-state index in [-0.39, 0.29) is 17.2 Å². The largest absolute Gasteiger partial charge is 0.346 e. The van der Waals surface area contributed by atoms with Crippen molar-refractivity contribution in [1.29, 1.82) is 0 Å². The average Bonchev–Trinajstić information content (AvgIpc) is 3.04. The van der Waals surface area contributed by atoms with Crippen molar-refractivity contribution < 1.29 is 4.92 Å². The average molecular weight is 306 g/mol. The first kappa shape index (κ1) is 15.7. The molecule has 1 N–H and O–H groups in total. The zero-order valence-corrected chi connectivity index (χ0v) is 12.7. The highest BCUT2D eigenvalue weighted by Gasteiger charge is 2.25. The van der Waals surface area contributed by atoms with Crippen LogP contribution in [0.25, 0.3) is 5.95 Å². The molecule has 0 amide bonds. The van der Waals surface area contributed by atoms with Crippen LogP contribution in [0.3, 0.4) is 0 Å². The van der Waals surface area contributed by atoms with E-state index in [1.165, 1.54) is 6.20 Å².